The fourth-order valence-electron chi connectivity index (χ4n) is 1.28. The Morgan fingerprint density at radius 3 is 2.79 bits per heavy atom. The highest BCUT2D eigenvalue weighted by Crippen LogP contribution is 2.26. The van der Waals surface area contributed by atoms with Crippen LogP contribution in [0, 0.1) is 16.7 Å². The number of carboxylic acid groups (broad SMARTS) is 1. The highest BCUT2D eigenvalue weighted by molar-refractivity contribution is 6.45. The van der Waals surface area contributed by atoms with Crippen LogP contribution in [-0.4, -0.2) is 29.7 Å². The predicted molar refractivity (Wildman–Crippen MR) is 68.5 cm³/mol. The number of rotatable bonds is 5. The van der Waals surface area contributed by atoms with Crippen LogP contribution >= 0.6 is 0 Å². The van der Waals surface area contributed by atoms with Crippen LogP contribution < -0.4 is 15.9 Å². The van der Waals surface area contributed by atoms with E-state index < -0.39 is 11.8 Å². The topological polar surface area (TPSA) is 145 Å². The third-order valence-corrected chi connectivity index (χ3v) is 2.11. The van der Waals surface area contributed by atoms with Crippen molar-refractivity contribution in [3.05, 3.63) is 23.8 Å². The number of hydrazone groups is 1. The fraction of sp³-hybridized carbons (Fsp3) is 0.0909. The maximum absolute atomic E-state index is 11.1. The summed E-state index contributed by atoms with van der Waals surface area (Å²) in [6.45, 7) is 0. The smallest absolute Gasteiger partial charge is 0.341 e. The van der Waals surface area contributed by atoms with Gasteiger partial charge in [-0.05, 0) is 12.1 Å². The van der Waals surface area contributed by atoms with Crippen molar-refractivity contribution < 1.29 is 14.6 Å². The molecule has 5 N–H and O–H groups in total. The first kappa shape index (κ1) is 14.0. The van der Waals surface area contributed by atoms with Crippen LogP contribution in [0.15, 0.2) is 23.3 Å². The third kappa shape index (κ3) is 3.19. The monoisotopic (exact) mass is 261 g/mol. The molecule has 19 heavy (non-hydrogen) atoms. The molecule has 1 aromatic carbocycles. The lowest BCUT2D eigenvalue weighted by Gasteiger charge is -2.09. The molecule has 8 nitrogen and oxygen atoms in total. The van der Waals surface area contributed by atoms with Crippen molar-refractivity contribution in [2.75, 3.05) is 12.5 Å². The van der Waals surface area contributed by atoms with Crippen LogP contribution in [0.2, 0.25) is 0 Å². The molecule has 0 fully saturated rings. The number of nitrogens with one attached hydrogen (secondary N) is 2. The quantitative estimate of drug-likeness (QED) is 0.347. The van der Waals surface area contributed by atoms with Crippen LogP contribution in [0.1, 0.15) is 10.4 Å². The van der Waals surface area contributed by atoms with E-state index in [2.05, 4.69) is 10.5 Å². The summed E-state index contributed by atoms with van der Waals surface area (Å²) in [5.74, 6) is -1.58. The Kier molecular flexibility index (Phi) is 4.43. The number of benzene rings is 1. The molecule has 0 amide bonds. The Labute approximate surface area is 108 Å². The predicted octanol–water partition coefficient (Wildman–Crippen LogP) is 0.621. The zero-order valence-corrected chi connectivity index (χ0v) is 9.97. The molecule has 0 aliphatic rings. The van der Waals surface area contributed by atoms with Gasteiger partial charge in [0.2, 0.25) is 5.71 Å². The van der Waals surface area contributed by atoms with Crippen molar-refractivity contribution in [3.63, 3.8) is 0 Å². The zero-order chi connectivity index (χ0) is 14.4. The van der Waals surface area contributed by atoms with Crippen LogP contribution in [-0.2, 0) is 0 Å². The second kappa shape index (κ2) is 6.02. The van der Waals surface area contributed by atoms with E-state index >= 15 is 0 Å². The summed E-state index contributed by atoms with van der Waals surface area (Å²) in [5.41, 5.74) is 7.15. The van der Waals surface area contributed by atoms with Gasteiger partial charge in [-0.1, -0.05) is 6.07 Å². The molecule has 0 atom stereocenters. The first-order valence-corrected chi connectivity index (χ1v) is 4.99. The van der Waals surface area contributed by atoms with E-state index in [0.717, 1.165) is 0 Å². The molecule has 0 aliphatic heterocycles. The summed E-state index contributed by atoms with van der Waals surface area (Å²) >= 11 is 0. The minimum Gasteiger partial charge on any atom is -0.496 e. The molecule has 1 aromatic rings. The van der Waals surface area contributed by atoms with Gasteiger partial charge in [-0.2, -0.15) is 10.4 Å². The van der Waals surface area contributed by atoms with Crippen molar-refractivity contribution in [3.8, 4) is 11.8 Å². The van der Waals surface area contributed by atoms with Gasteiger partial charge in [-0.15, -0.1) is 0 Å². The Balaban J connectivity index is 3.19. The maximum Gasteiger partial charge on any atom is 0.341 e. The zero-order valence-electron chi connectivity index (χ0n) is 9.97. The van der Waals surface area contributed by atoms with E-state index in [1.54, 1.807) is 12.1 Å². The summed E-state index contributed by atoms with van der Waals surface area (Å²) in [7, 11) is 1.34. The van der Waals surface area contributed by atoms with Gasteiger partial charge in [-0.25, -0.2) is 4.79 Å². The van der Waals surface area contributed by atoms with Crippen LogP contribution in [0.25, 0.3) is 0 Å². The van der Waals surface area contributed by atoms with Crippen molar-refractivity contribution >= 4 is 23.2 Å². The minimum absolute atomic E-state index is 0.126. The summed E-state index contributed by atoms with van der Waals surface area (Å²) < 4.78 is 4.93. The number of methoxy groups -OCH3 is 1. The lowest BCUT2D eigenvalue weighted by molar-refractivity contribution is 0.0694. The van der Waals surface area contributed by atoms with Crippen LogP contribution in [0.4, 0.5) is 5.69 Å². The van der Waals surface area contributed by atoms with Crippen molar-refractivity contribution in [1.29, 1.82) is 10.7 Å². The maximum atomic E-state index is 11.1. The summed E-state index contributed by atoms with van der Waals surface area (Å²) in [6, 6.07) is 6.10. The van der Waals surface area contributed by atoms with Gasteiger partial charge in [0.25, 0.3) is 0 Å². The standard InChI is InChI=1S/C11H11N5O3/c1-19-8-4-2-3-6(9(8)11(17)18)15-16-7(5-12)10(13)14/h2-4,15H,1H3,(H3,13,14)(H,17,18)/b16-7+. The second-order valence-corrected chi connectivity index (χ2v) is 3.29. The number of nitrogens with two attached hydrogens (primary N) is 1. The Hall–Kier alpha value is -3.08. The van der Waals surface area contributed by atoms with Crippen molar-refractivity contribution in [1.82, 2.24) is 0 Å². The van der Waals surface area contributed by atoms with Gasteiger partial charge >= 0.3 is 5.97 Å². The number of carbonyl (C=O) groups is 1. The van der Waals surface area contributed by atoms with Crippen molar-refractivity contribution in [2.24, 2.45) is 10.8 Å². The normalized spacial score (nSPS) is 10.4. The van der Waals surface area contributed by atoms with Gasteiger partial charge < -0.3 is 15.6 Å². The van der Waals surface area contributed by atoms with Gasteiger partial charge in [0.15, 0.2) is 5.84 Å². The molecule has 1 rings (SSSR count). The van der Waals surface area contributed by atoms with Crippen LogP contribution in [0.5, 0.6) is 5.75 Å². The molecular weight excluding hydrogens is 250 g/mol. The number of nitriles is 1. The van der Waals surface area contributed by atoms with E-state index in [1.807, 2.05) is 0 Å². The van der Waals surface area contributed by atoms with Crippen LogP contribution in [0.3, 0.4) is 0 Å². The molecule has 0 unspecified atom stereocenters. The number of amidine groups is 1. The largest absolute Gasteiger partial charge is 0.496 e. The average Bonchev–Trinajstić information content (AvgIpc) is 2.38. The van der Waals surface area contributed by atoms with Gasteiger partial charge in [0, 0.05) is 0 Å². The van der Waals surface area contributed by atoms with E-state index in [-0.39, 0.29) is 22.7 Å². The van der Waals surface area contributed by atoms with Gasteiger partial charge in [-0.3, -0.25) is 10.8 Å². The number of nitrogens with zero attached hydrogens (tertiary/aromatic N) is 2. The molecule has 0 heterocycles. The molecular formula is C11H11N5O3. The number of carboxylic acids is 1. The van der Waals surface area contributed by atoms with Gasteiger partial charge in [0.1, 0.15) is 17.4 Å². The molecule has 0 saturated carbocycles. The summed E-state index contributed by atoms with van der Waals surface area (Å²) in [4.78, 5) is 11.1. The highest BCUT2D eigenvalue weighted by Gasteiger charge is 2.16. The van der Waals surface area contributed by atoms with E-state index in [0.29, 0.717) is 0 Å². The number of hydrogen-bond acceptors (Lipinski definition) is 6. The molecule has 98 valence electrons. The number of anilines is 1. The average molecular weight is 261 g/mol. The van der Waals surface area contributed by atoms with E-state index in [9.17, 15) is 4.79 Å². The Morgan fingerprint density at radius 1 is 1.63 bits per heavy atom. The highest BCUT2D eigenvalue weighted by atomic mass is 16.5. The van der Waals surface area contributed by atoms with E-state index in [1.165, 1.54) is 19.2 Å². The SMILES string of the molecule is COc1cccc(N/N=C(\C#N)C(=N)N)c1C(=O)O. The first-order valence-electron chi connectivity index (χ1n) is 4.99. The minimum atomic E-state index is -1.21. The molecule has 0 radical (unpaired) electrons. The number of aromatic carboxylic acids is 1. The first-order chi connectivity index (χ1) is 9.01. The molecule has 0 saturated heterocycles. The number of hydrogen-bond donors (Lipinski definition) is 4. The summed E-state index contributed by atoms with van der Waals surface area (Å²) in [5, 5.41) is 28.4. The Bertz CT molecular complexity index is 588. The molecule has 0 spiro atoms. The van der Waals surface area contributed by atoms with Crippen molar-refractivity contribution in [2.45, 2.75) is 0 Å². The molecule has 0 bridgehead atoms. The lowest BCUT2D eigenvalue weighted by atomic mass is 10.1. The second-order valence-electron chi connectivity index (χ2n) is 3.29. The van der Waals surface area contributed by atoms with E-state index in [4.69, 9.17) is 26.2 Å². The third-order valence-electron chi connectivity index (χ3n) is 2.11. The number of ether oxygens (including phenoxy) is 1. The Morgan fingerprint density at radius 2 is 2.32 bits per heavy atom. The fourth-order valence-corrected chi connectivity index (χ4v) is 1.28. The molecule has 0 aromatic heterocycles. The summed E-state index contributed by atoms with van der Waals surface area (Å²) in [6.07, 6.45) is 0. The molecule has 0 aliphatic carbocycles. The lowest BCUT2D eigenvalue weighted by Crippen LogP contribution is -2.22. The van der Waals surface area contributed by atoms with Gasteiger partial charge in [0.05, 0.1) is 12.8 Å². The molecule has 8 heteroatoms.